The highest BCUT2D eigenvalue weighted by Gasteiger charge is 2.38. The summed E-state index contributed by atoms with van der Waals surface area (Å²) >= 11 is 2.51. The minimum atomic E-state index is -1.31. The molecule has 1 fully saturated rings. The van der Waals surface area contributed by atoms with Gasteiger partial charge >= 0.3 is 5.97 Å². The standard InChI is InChI=1S/C27H29N5O6S2/c1-31(2)25(35)20-15-39-14-17-6-3-4-7-18(17)27(37)38-13-19(23(33)30-20)29-24(34)21-8-5-10-32(21)26(36)22-16(12-28)9-11-40-22/h3-4,6-7,9,11,19-21H,5,8,10,13-15H2,1-2H3,(H,29,34)(H,30,33)/t19-,20-,21+/m1/s1. The lowest BCUT2D eigenvalue weighted by atomic mass is 10.1. The van der Waals surface area contributed by atoms with Gasteiger partial charge in [0.1, 0.15) is 35.7 Å². The fourth-order valence-corrected chi connectivity index (χ4v) is 6.40. The highest BCUT2D eigenvalue weighted by molar-refractivity contribution is 7.98. The van der Waals surface area contributed by atoms with Crippen molar-refractivity contribution < 1.29 is 28.7 Å². The third-order valence-electron chi connectivity index (χ3n) is 6.65. The molecule has 2 aliphatic heterocycles. The molecule has 0 spiro atoms. The predicted octanol–water partition coefficient (Wildman–Crippen LogP) is 1.39. The minimum absolute atomic E-state index is 0.237. The summed E-state index contributed by atoms with van der Waals surface area (Å²) in [5.74, 6) is -1.97. The van der Waals surface area contributed by atoms with E-state index in [1.807, 2.05) is 6.07 Å². The highest BCUT2D eigenvalue weighted by Crippen LogP contribution is 2.25. The van der Waals surface area contributed by atoms with Crippen LogP contribution >= 0.6 is 23.1 Å². The van der Waals surface area contributed by atoms with Crippen molar-refractivity contribution in [1.82, 2.24) is 20.4 Å². The van der Waals surface area contributed by atoms with Crippen LogP contribution in [0.1, 0.15) is 44.0 Å². The Morgan fingerprint density at radius 3 is 2.73 bits per heavy atom. The summed E-state index contributed by atoms with van der Waals surface area (Å²) < 4.78 is 5.46. The van der Waals surface area contributed by atoms with E-state index in [4.69, 9.17) is 4.74 Å². The normalized spacial score (nSPS) is 21.5. The van der Waals surface area contributed by atoms with E-state index in [-0.39, 0.29) is 22.1 Å². The molecular formula is C27H29N5O6S2. The van der Waals surface area contributed by atoms with Crippen LogP contribution in [0.25, 0.3) is 0 Å². The van der Waals surface area contributed by atoms with Gasteiger partial charge in [0, 0.05) is 32.1 Å². The molecule has 4 amide bonds. The molecule has 0 bridgehead atoms. The fraction of sp³-hybridized carbons (Fsp3) is 0.407. The number of likely N-dealkylation sites (tertiary alicyclic amines) is 1. The van der Waals surface area contributed by atoms with E-state index in [0.29, 0.717) is 30.7 Å². The first-order valence-electron chi connectivity index (χ1n) is 12.6. The van der Waals surface area contributed by atoms with Crippen LogP contribution in [0, 0.1) is 11.3 Å². The Bertz CT molecular complexity index is 1350. The molecule has 2 N–H and O–H groups in total. The molecule has 3 atom stereocenters. The average molecular weight is 584 g/mol. The molecule has 4 rings (SSSR count). The predicted molar refractivity (Wildman–Crippen MR) is 149 cm³/mol. The Morgan fingerprint density at radius 1 is 1.20 bits per heavy atom. The van der Waals surface area contributed by atoms with Gasteiger partial charge in [0.05, 0.1) is 11.1 Å². The van der Waals surface area contributed by atoms with Crippen LogP contribution in [0.3, 0.4) is 0 Å². The van der Waals surface area contributed by atoms with Gasteiger partial charge in [0.25, 0.3) is 5.91 Å². The molecule has 210 valence electrons. The lowest BCUT2D eigenvalue weighted by Gasteiger charge is -2.28. The number of cyclic esters (lactones) is 1. The number of nitriles is 1. The lowest BCUT2D eigenvalue weighted by Crippen LogP contribution is -2.58. The molecule has 1 aromatic heterocycles. The third-order valence-corrected chi connectivity index (χ3v) is 8.63. The van der Waals surface area contributed by atoms with Crippen LogP contribution in [0.15, 0.2) is 35.7 Å². The SMILES string of the molecule is CN(C)C(=O)[C@H]1CSCc2ccccc2C(=O)OC[C@@H](NC(=O)[C@@H]2CCCN2C(=O)c2sccc2C#N)C(=O)N1. The van der Waals surface area contributed by atoms with Crippen molar-refractivity contribution in [3.63, 3.8) is 0 Å². The monoisotopic (exact) mass is 583 g/mol. The second-order valence-electron chi connectivity index (χ2n) is 9.56. The van der Waals surface area contributed by atoms with Crippen LogP contribution < -0.4 is 10.6 Å². The van der Waals surface area contributed by atoms with Crippen molar-refractivity contribution in [3.05, 3.63) is 57.3 Å². The van der Waals surface area contributed by atoms with E-state index < -0.39 is 48.4 Å². The number of nitrogens with one attached hydrogen (secondary N) is 2. The number of amides is 4. The number of rotatable bonds is 4. The van der Waals surface area contributed by atoms with Crippen molar-refractivity contribution >= 4 is 52.7 Å². The quantitative estimate of drug-likeness (QED) is 0.513. The maximum Gasteiger partial charge on any atom is 0.338 e. The molecular weight excluding hydrogens is 554 g/mol. The van der Waals surface area contributed by atoms with Crippen molar-refractivity contribution in [2.45, 2.75) is 36.7 Å². The number of esters is 1. The summed E-state index contributed by atoms with van der Waals surface area (Å²) in [6.07, 6.45) is 0.932. The summed E-state index contributed by atoms with van der Waals surface area (Å²) in [5.41, 5.74) is 1.31. The van der Waals surface area contributed by atoms with Gasteiger partial charge in [-0.3, -0.25) is 19.2 Å². The summed E-state index contributed by atoms with van der Waals surface area (Å²) in [5, 5.41) is 16.3. The van der Waals surface area contributed by atoms with Gasteiger partial charge in [-0.05, 0) is 35.9 Å². The van der Waals surface area contributed by atoms with E-state index in [9.17, 15) is 29.2 Å². The summed E-state index contributed by atoms with van der Waals surface area (Å²) in [4.78, 5) is 68.7. The maximum absolute atomic E-state index is 13.4. The zero-order valence-electron chi connectivity index (χ0n) is 22.0. The van der Waals surface area contributed by atoms with E-state index >= 15 is 0 Å². The lowest BCUT2D eigenvalue weighted by molar-refractivity contribution is -0.136. The van der Waals surface area contributed by atoms with Crippen molar-refractivity contribution in [2.24, 2.45) is 0 Å². The zero-order chi connectivity index (χ0) is 28.8. The molecule has 1 saturated heterocycles. The van der Waals surface area contributed by atoms with E-state index in [1.54, 1.807) is 49.8 Å². The van der Waals surface area contributed by atoms with Crippen LogP contribution in [-0.2, 0) is 24.9 Å². The molecule has 0 unspecified atom stereocenters. The molecule has 2 aromatic rings. The first kappa shape index (κ1) is 29.1. The number of benzene rings is 1. The number of fused-ring (bicyclic) bond motifs is 1. The largest absolute Gasteiger partial charge is 0.459 e. The zero-order valence-corrected chi connectivity index (χ0v) is 23.7. The summed E-state index contributed by atoms with van der Waals surface area (Å²) in [6, 6.07) is 7.42. The van der Waals surface area contributed by atoms with Crippen molar-refractivity contribution in [3.8, 4) is 6.07 Å². The van der Waals surface area contributed by atoms with Gasteiger partial charge in [-0.25, -0.2) is 4.79 Å². The maximum atomic E-state index is 13.4. The van der Waals surface area contributed by atoms with Crippen LogP contribution in [-0.4, -0.2) is 90.5 Å². The summed E-state index contributed by atoms with van der Waals surface area (Å²) in [7, 11) is 3.17. The Labute approximate surface area is 239 Å². The van der Waals surface area contributed by atoms with Gasteiger partial charge in [-0.1, -0.05) is 18.2 Å². The molecule has 0 aliphatic carbocycles. The number of likely N-dealkylation sites (N-methyl/N-ethyl adjacent to an activating group) is 1. The van der Waals surface area contributed by atoms with E-state index in [2.05, 4.69) is 10.6 Å². The molecule has 40 heavy (non-hydrogen) atoms. The number of carbonyl (C=O) groups excluding carboxylic acids is 5. The Hall–Kier alpha value is -3.89. The van der Waals surface area contributed by atoms with E-state index in [1.165, 1.54) is 21.6 Å². The van der Waals surface area contributed by atoms with Crippen molar-refractivity contribution in [1.29, 1.82) is 5.26 Å². The number of ether oxygens (including phenoxy) is 1. The molecule has 0 radical (unpaired) electrons. The molecule has 2 aliphatic rings. The number of hydrogen-bond donors (Lipinski definition) is 2. The molecule has 13 heteroatoms. The Morgan fingerprint density at radius 2 is 1.98 bits per heavy atom. The molecule has 3 heterocycles. The van der Waals surface area contributed by atoms with E-state index in [0.717, 1.165) is 16.9 Å². The topological polar surface area (TPSA) is 149 Å². The Balaban J connectivity index is 1.56. The van der Waals surface area contributed by atoms with Crippen LogP contribution in [0.5, 0.6) is 0 Å². The van der Waals surface area contributed by atoms with Gasteiger partial charge in [0.2, 0.25) is 17.7 Å². The molecule has 1 aromatic carbocycles. The van der Waals surface area contributed by atoms with Gasteiger partial charge in [-0.2, -0.15) is 17.0 Å². The van der Waals surface area contributed by atoms with Crippen molar-refractivity contribution in [2.75, 3.05) is 33.0 Å². The van der Waals surface area contributed by atoms with Gasteiger partial charge in [0.15, 0.2) is 0 Å². The molecule has 0 saturated carbocycles. The number of carbonyl (C=O) groups is 5. The first-order chi connectivity index (χ1) is 19.2. The summed E-state index contributed by atoms with van der Waals surface area (Å²) in [6.45, 7) is -0.149. The molecule has 11 nitrogen and oxygen atoms in total. The van der Waals surface area contributed by atoms with Gasteiger partial charge < -0.3 is 25.2 Å². The van der Waals surface area contributed by atoms with Crippen LogP contribution in [0.4, 0.5) is 0 Å². The number of nitrogens with zero attached hydrogens (tertiary/aromatic N) is 3. The van der Waals surface area contributed by atoms with Gasteiger partial charge in [-0.15, -0.1) is 11.3 Å². The average Bonchev–Trinajstić information content (AvgIpc) is 3.63. The number of hydrogen-bond acceptors (Lipinski definition) is 9. The number of thioether (sulfide) groups is 1. The highest BCUT2D eigenvalue weighted by atomic mass is 32.2. The minimum Gasteiger partial charge on any atom is -0.459 e. The third kappa shape index (κ3) is 6.46. The fourth-order valence-electron chi connectivity index (χ4n) is 4.55. The smallest absolute Gasteiger partial charge is 0.338 e. The second kappa shape index (κ2) is 13.0. The first-order valence-corrected chi connectivity index (χ1v) is 14.7. The van der Waals surface area contributed by atoms with Crippen LogP contribution in [0.2, 0.25) is 0 Å². The Kier molecular flexibility index (Phi) is 9.44. The number of thiophene rings is 1. The second-order valence-corrected chi connectivity index (χ2v) is 11.5.